The Bertz CT molecular complexity index is 350. The molecule has 1 saturated heterocycles. The van der Waals surface area contributed by atoms with Gasteiger partial charge in [0.1, 0.15) is 0 Å². The van der Waals surface area contributed by atoms with Crippen LogP contribution in [0.2, 0.25) is 0 Å². The van der Waals surface area contributed by atoms with E-state index in [0.29, 0.717) is 6.04 Å². The molecule has 1 aliphatic heterocycles. The van der Waals surface area contributed by atoms with E-state index in [1.165, 1.54) is 37.9 Å². The van der Waals surface area contributed by atoms with E-state index in [2.05, 4.69) is 54.4 Å². The van der Waals surface area contributed by atoms with E-state index in [4.69, 9.17) is 0 Å². The first-order valence-electron chi connectivity index (χ1n) is 7.80. The number of piperidine rings is 1. The number of rotatable bonds is 6. The van der Waals surface area contributed by atoms with Crippen LogP contribution < -0.4 is 5.32 Å². The van der Waals surface area contributed by atoms with Gasteiger partial charge in [0.2, 0.25) is 0 Å². The van der Waals surface area contributed by atoms with E-state index in [9.17, 15) is 0 Å². The van der Waals surface area contributed by atoms with E-state index in [1.54, 1.807) is 0 Å². The second kappa shape index (κ2) is 7.66. The van der Waals surface area contributed by atoms with Gasteiger partial charge in [-0.25, -0.2) is 0 Å². The molecule has 1 aliphatic rings. The van der Waals surface area contributed by atoms with Crippen molar-refractivity contribution in [1.82, 2.24) is 10.2 Å². The van der Waals surface area contributed by atoms with Gasteiger partial charge in [0, 0.05) is 19.1 Å². The molecule has 2 nitrogen and oxygen atoms in total. The summed E-state index contributed by atoms with van der Waals surface area (Å²) in [5, 5.41) is 3.71. The van der Waals surface area contributed by atoms with Gasteiger partial charge < -0.3 is 10.2 Å². The van der Waals surface area contributed by atoms with Crippen molar-refractivity contribution in [3.05, 3.63) is 35.9 Å². The zero-order valence-electron chi connectivity index (χ0n) is 12.4. The zero-order valence-corrected chi connectivity index (χ0v) is 12.4. The molecule has 1 aromatic carbocycles. The Kier molecular flexibility index (Phi) is 5.87. The average molecular weight is 260 g/mol. The molecule has 19 heavy (non-hydrogen) atoms. The average Bonchev–Trinajstić information content (AvgIpc) is 2.44. The number of benzene rings is 1. The molecule has 1 aromatic rings. The number of nitrogens with one attached hydrogen (secondary N) is 1. The third kappa shape index (κ3) is 4.63. The normalized spacial score (nSPS) is 22.3. The van der Waals surface area contributed by atoms with Crippen LogP contribution in [-0.4, -0.2) is 31.1 Å². The van der Waals surface area contributed by atoms with Crippen molar-refractivity contribution in [2.24, 2.45) is 5.92 Å². The molecule has 0 radical (unpaired) electrons. The fourth-order valence-electron chi connectivity index (χ4n) is 3.00. The highest BCUT2D eigenvalue weighted by Crippen LogP contribution is 2.20. The smallest absolute Gasteiger partial charge is 0.0449 e. The molecule has 0 aromatic heterocycles. The van der Waals surface area contributed by atoms with Crippen LogP contribution in [0.25, 0.3) is 0 Å². The number of likely N-dealkylation sites (tertiary alicyclic amines) is 1. The maximum absolute atomic E-state index is 3.71. The van der Waals surface area contributed by atoms with Crippen LogP contribution in [0, 0.1) is 5.92 Å². The van der Waals surface area contributed by atoms with Crippen molar-refractivity contribution in [2.75, 3.05) is 26.2 Å². The fourth-order valence-corrected chi connectivity index (χ4v) is 3.00. The lowest BCUT2D eigenvalue weighted by Crippen LogP contribution is -2.40. The lowest BCUT2D eigenvalue weighted by atomic mass is 9.98. The van der Waals surface area contributed by atoms with Crippen molar-refractivity contribution >= 4 is 0 Å². The zero-order chi connectivity index (χ0) is 13.5. The maximum Gasteiger partial charge on any atom is 0.0449 e. The topological polar surface area (TPSA) is 15.3 Å². The van der Waals surface area contributed by atoms with Gasteiger partial charge in [0.05, 0.1) is 0 Å². The highest BCUT2D eigenvalue weighted by atomic mass is 15.2. The molecule has 2 heteroatoms. The summed E-state index contributed by atoms with van der Waals surface area (Å²) in [6, 6.07) is 11.4. The summed E-state index contributed by atoms with van der Waals surface area (Å²) in [6.07, 6.45) is 3.95. The Morgan fingerprint density at radius 1 is 1.32 bits per heavy atom. The second-order valence-corrected chi connectivity index (χ2v) is 5.92. The highest BCUT2D eigenvalue weighted by molar-refractivity contribution is 5.19. The second-order valence-electron chi connectivity index (χ2n) is 5.92. The molecule has 2 rings (SSSR count). The summed E-state index contributed by atoms with van der Waals surface area (Å²) in [7, 11) is 0. The van der Waals surface area contributed by atoms with Crippen LogP contribution in [0.15, 0.2) is 30.3 Å². The molecule has 1 fully saturated rings. The molecule has 0 saturated carbocycles. The third-order valence-corrected chi connectivity index (χ3v) is 4.02. The predicted molar refractivity (Wildman–Crippen MR) is 82.3 cm³/mol. The van der Waals surface area contributed by atoms with Crippen LogP contribution in [0.1, 0.15) is 44.7 Å². The van der Waals surface area contributed by atoms with Gasteiger partial charge >= 0.3 is 0 Å². The van der Waals surface area contributed by atoms with Gasteiger partial charge in [-0.3, -0.25) is 0 Å². The van der Waals surface area contributed by atoms with Gasteiger partial charge in [0.25, 0.3) is 0 Å². The Morgan fingerprint density at radius 2 is 2.11 bits per heavy atom. The first-order chi connectivity index (χ1) is 9.29. The van der Waals surface area contributed by atoms with Crippen LogP contribution in [0.3, 0.4) is 0 Å². The van der Waals surface area contributed by atoms with E-state index in [-0.39, 0.29) is 0 Å². The Morgan fingerprint density at radius 3 is 2.79 bits per heavy atom. The molecule has 0 bridgehead atoms. The lowest BCUT2D eigenvalue weighted by molar-refractivity contribution is 0.167. The summed E-state index contributed by atoms with van der Waals surface area (Å²) in [5.74, 6) is 0.858. The van der Waals surface area contributed by atoms with Gasteiger partial charge in [-0.1, -0.05) is 44.2 Å². The fraction of sp³-hybridized carbons (Fsp3) is 0.647. The molecule has 106 valence electrons. The minimum absolute atomic E-state index is 0.478. The third-order valence-electron chi connectivity index (χ3n) is 4.02. The molecule has 1 heterocycles. The quantitative estimate of drug-likeness (QED) is 0.842. The van der Waals surface area contributed by atoms with Crippen LogP contribution >= 0.6 is 0 Å². The van der Waals surface area contributed by atoms with Gasteiger partial charge in [0.15, 0.2) is 0 Å². The molecule has 0 aliphatic carbocycles. The Hall–Kier alpha value is -0.860. The van der Waals surface area contributed by atoms with Crippen molar-refractivity contribution in [2.45, 2.75) is 39.2 Å². The monoisotopic (exact) mass is 260 g/mol. The maximum atomic E-state index is 3.71. The van der Waals surface area contributed by atoms with E-state index in [0.717, 1.165) is 19.0 Å². The van der Waals surface area contributed by atoms with E-state index in [1.807, 2.05) is 0 Å². The van der Waals surface area contributed by atoms with Crippen molar-refractivity contribution in [3.63, 3.8) is 0 Å². The van der Waals surface area contributed by atoms with E-state index < -0.39 is 0 Å². The standard InChI is InChI=1S/C17H28N2/c1-3-11-18-17(16-9-5-4-6-10-16)14-19-12-7-8-15(2)13-19/h4-6,9-10,15,17-18H,3,7-8,11-14H2,1-2H3. The molecule has 0 spiro atoms. The van der Waals surface area contributed by atoms with E-state index >= 15 is 0 Å². The number of nitrogens with zero attached hydrogens (tertiary/aromatic N) is 1. The summed E-state index contributed by atoms with van der Waals surface area (Å²) in [6.45, 7) is 9.39. The van der Waals surface area contributed by atoms with Gasteiger partial charge in [-0.15, -0.1) is 0 Å². The van der Waals surface area contributed by atoms with Crippen LogP contribution in [0.4, 0.5) is 0 Å². The summed E-state index contributed by atoms with van der Waals surface area (Å²) in [4.78, 5) is 2.63. The van der Waals surface area contributed by atoms with Gasteiger partial charge in [-0.05, 0) is 43.8 Å². The molecular weight excluding hydrogens is 232 g/mol. The lowest BCUT2D eigenvalue weighted by Gasteiger charge is -2.34. The Balaban J connectivity index is 1.97. The van der Waals surface area contributed by atoms with Crippen molar-refractivity contribution < 1.29 is 0 Å². The van der Waals surface area contributed by atoms with Gasteiger partial charge in [-0.2, -0.15) is 0 Å². The molecule has 2 atom stereocenters. The summed E-state index contributed by atoms with van der Waals surface area (Å²) < 4.78 is 0. The van der Waals surface area contributed by atoms with Crippen LogP contribution in [0.5, 0.6) is 0 Å². The predicted octanol–water partition coefficient (Wildman–Crippen LogP) is 3.46. The van der Waals surface area contributed by atoms with Crippen molar-refractivity contribution in [3.8, 4) is 0 Å². The first-order valence-corrected chi connectivity index (χ1v) is 7.80. The molecule has 1 N–H and O–H groups in total. The highest BCUT2D eigenvalue weighted by Gasteiger charge is 2.20. The number of hydrogen-bond acceptors (Lipinski definition) is 2. The first kappa shape index (κ1) is 14.5. The van der Waals surface area contributed by atoms with Crippen LogP contribution in [-0.2, 0) is 0 Å². The Labute approximate surface area is 118 Å². The minimum Gasteiger partial charge on any atom is -0.309 e. The number of hydrogen-bond donors (Lipinski definition) is 1. The summed E-state index contributed by atoms with van der Waals surface area (Å²) in [5.41, 5.74) is 1.43. The largest absolute Gasteiger partial charge is 0.309 e. The molecule has 2 unspecified atom stereocenters. The molecule has 0 amide bonds. The minimum atomic E-state index is 0.478. The molecular formula is C17H28N2. The SMILES string of the molecule is CCCNC(CN1CCCC(C)C1)c1ccccc1. The summed E-state index contributed by atoms with van der Waals surface area (Å²) >= 11 is 0. The van der Waals surface area contributed by atoms with Crippen molar-refractivity contribution in [1.29, 1.82) is 0 Å².